The average molecular weight is 1160 g/mol. The van der Waals surface area contributed by atoms with Gasteiger partial charge in [-0.05, 0) is 13.0 Å². The first-order valence-electron chi connectivity index (χ1n) is 23.1. The SMILES string of the molecule is CO[C@@H]1[C@@H](OC)[C@H](O[C@H]2[C@H](O)[C@@H](O)[C@@H](O[C@H]3[C@H](OC)[C@@H](OC)[C@H](O[C@H]4[C@H](OS(=O)(=O)O)[C@@H](OC)[C@@H](CCN)O[C@@H]4COS(=O)(=O)O)O[C@H]3C(=O)O)O[C@@H]2CO)O[C@H](C(=O)O)[C@H]1O[C@H]1O[C@H](CO)[C@@H](OC)[C@H](OC)[C@H]1OC. The van der Waals surface area contributed by atoms with Gasteiger partial charge in [0.25, 0.3) is 0 Å². The van der Waals surface area contributed by atoms with E-state index in [-0.39, 0.29) is 13.0 Å². The summed E-state index contributed by atoms with van der Waals surface area (Å²) in [7, 11) is -1.06. The standard InChI is InChI=1S/C40H69NO33S2/c1-56-21-14(9-10-41)65-17(13-64-75(50,51)52)23(29(21)74-76(53,54)55)69-40-34(63-8)25(59-4)27(30(73-40)35(46)47)70-37-19(45)18(44)20(15(11-42)66-37)68-39-33(62-7)26(60-5)28(31(72-39)36(48)49)71-38-32(61-6)24(58-3)22(57-2)16(12-43)67-38/h14-34,37-40,42-45H,9-13,41H2,1-8H3,(H,46,47)(H,48,49)(H,50,51,52)(H,53,54,55)/t14-,15-,16-,17-,18-,19-,20-,21+,22-,23-,24+,25+,26+,27+,28+,29-,30-,31+,32-,33-,34-,37-,38-,39-,40-/m1/s1. The first-order valence-corrected chi connectivity index (χ1v) is 25.8. The number of nitrogens with two attached hydrogens (primary N) is 1. The Kier molecular flexibility index (Phi) is 24.2. The van der Waals surface area contributed by atoms with Gasteiger partial charge in [0.1, 0.15) is 110 Å². The summed E-state index contributed by atoms with van der Waals surface area (Å²) >= 11 is 0. The molecule has 0 aliphatic carbocycles. The van der Waals surface area contributed by atoms with Gasteiger partial charge in [-0.1, -0.05) is 0 Å². The van der Waals surface area contributed by atoms with Crippen LogP contribution in [-0.2, 0) is 119 Å². The van der Waals surface area contributed by atoms with Crippen LogP contribution in [0.2, 0.25) is 0 Å². The van der Waals surface area contributed by atoms with Crippen LogP contribution in [0.15, 0.2) is 0 Å². The molecule has 0 bridgehead atoms. The maximum absolute atomic E-state index is 13.0. The Morgan fingerprint density at radius 3 is 1.24 bits per heavy atom. The number of aliphatic hydroxyl groups excluding tert-OH is 4. The van der Waals surface area contributed by atoms with Crippen molar-refractivity contribution in [2.24, 2.45) is 5.73 Å². The minimum atomic E-state index is -5.41. The lowest BCUT2D eigenvalue weighted by molar-refractivity contribution is -0.390. The van der Waals surface area contributed by atoms with E-state index in [1.165, 1.54) is 35.5 Å². The highest BCUT2D eigenvalue weighted by molar-refractivity contribution is 7.81. The largest absolute Gasteiger partial charge is 0.479 e. The Morgan fingerprint density at radius 1 is 0.447 bits per heavy atom. The summed E-state index contributed by atoms with van der Waals surface area (Å²) in [4.78, 5) is 25.9. The van der Waals surface area contributed by atoms with Gasteiger partial charge in [-0.3, -0.25) is 9.11 Å². The van der Waals surface area contributed by atoms with Crippen LogP contribution in [0.1, 0.15) is 6.42 Å². The first-order chi connectivity index (χ1) is 35.9. The van der Waals surface area contributed by atoms with Crippen LogP contribution in [0.3, 0.4) is 0 Å². The smallest absolute Gasteiger partial charge is 0.397 e. The molecule has 36 heteroatoms. The molecule has 5 heterocycles. The third kappa shape index (κ3) is 14.8. The molecule has 34 nitrogen and oxygen atoms in total. The molecule has 0 unspecified atom stereocenters. The maximum Gasteiger partial charge on any atom is 0.397 e. The van der Waals surface area contributed by atoms with Crippen molar-refractivity contribution in [2.75, 3.05) is 83.2 Å². The highest BCUT2D eigenvalue weighted by Gasteiger charge is 2.60. The van der Waals surface area contributed by atoms with Crippen molar-refractivity contribution in [1.29, 1.82) is 0 Å². The molecule has 76 heavy (non-hydrogen) atoms. The lowest BCUT2D eigenvalue weighted by Gasteiger charge is -2.50. The summed E-state index contributed by atoms with van der Waals surface area (Å²) in [6, 6.07) is 0. The van der Waals surface area contributed by atoms with Crippen LogP contribution in [0.25, 0.3) is 0 Å². The van der Waals surface area contributed by atoms with Crippen molar-refractivity contribution in [3.05, 3.63) is 0 Å². The Labute approximate surface area is 435 Å². The average Bonchev–Trinajstić information content (AvgIpc) is 3.37. The summed E-state index contributed by atoms with van der Waals surface area (Å²) in [5.41, 5.74) is 5.71. The Hall–Kier alpha value is -2.20. The molecule has 5 fully saturated rings. The van der Waals surface area contributed by atoms with E-state index in [4.69, 9.17) is 90.4 Å². The highest BCUT2D eigenvalue weighted by Crippen LogP contribution is 2.39. The van der Waals surface area contributed by atoms with Gasteiger partial charge in [-0.2, -0.15) is 16.8 Å². The number of rotatable bonds is 27. The van der Waals surface area contributed by atoms with Crippen LogP contribution in [0.4, 0.5) is 0 Å². The number of methoxy groups -OCH3 is 8. The highest BCUT2D eigenvalue weighted by atomic mass is 32.3. The zero-order valence-corrected chi connectivity index (χ0v) is 43.8. The van der Waals surface area contributed by atoms with Gasteiger partial charge in [0.15, 0.2) is 37.4 Å². The Morgan fingerprint density at radius 2 is 0.829 bits per heavy atom. The second kappa shape index (κ2) is 28.5. The van der Waals surface area contributed by atoms with Gasteiger partial charge in [0.2, 0.25) is 0 Å². The third-order valence-corrected chi connectivity index (χ3v) is 14.1. The van der Waals surface area contributed by atoms with Crippen LogP contribution in [-0.4, -0.2) is 305 Å². The number of aliphatic carboxylic acids is 2. The van der Waals surface area contributed by atoms with Gasteiger partial charge in [0.05, 0.1) is 25.9 Å². The van der Waals surface area contributed by atoms with Gasteiger partial charge in [-0.15, -0.1) is 0 Å². The first kappa shape index (κ1) is 64.6. The zero-order chi connectivity index (χ0) is 56.6. The van der Waals surface area contributed by atoms with E-state index in [1.807, 2.05) is 0 Å². The summed E-state index contributed by atoms with van der Waals surface area (Å²) < 4.78 is 175. The van der Waals surface area contributed by atoms with Crippen molar-refractivity contribution in [3.8, 4) is 0 Å². The number of carboxylic acids is 2. The molecule has 0 radical (unpaired) electrons. The molecular weight excluding hydrogens is 1090 g/mol. The third-order valence-electron chi connectivity index (χ3n) is 13.2. The quantitative estimate of drug-likeness (QED) is 0.0345. The van der Waals surface area contributed by atoms with Crippen LogP contribution in [0, 0.1) is 0 Å². The van der Waals surface area contributed by atoms with Crippen molar-refractivity contribution in [1.82, 2.24) is 0 Å². The van der Waals surface area contributed by atoms with Crippen molar-refractivity contribution < 1.29 is 155 Å². The molecule has 5 rings (SSSR count). The molecule has 5 saturated heterocycles. The fraction of sp³-hybridized carbons (Fsp3) is 0.950. The molecule has 0 saturated carbocycles. The number of hydrogen-bond donors (Lipinski definition) is 9. The molecule has 5 aliphatic rings. The van der Waals surface area contributed by atoms with E-state index in [2.05, 4.69) is 4.18 Å². The number of carboxylic acid groups (broad SMARTS) is 2. The number of aliphatic hydroxyl groups is 4. The molecule has 10 N–H and O–H groups in total. The van der Waals surface area contributed by atoms with E-state index in [0.717, 1.165) is 21.3 Å². The molecule has 0 aromatic rings. The number of ether oxygens (including phenoxy) is 17. The fourth-order valence-electron chi connectivity index (χ4n) is 9.83. The van der Waals surface area contributed by atoms with Crippen molar-refractivity contribution >= 4 is 32.7 Å². The molecule has 0 aromatic heterocycles. The van der Waals surface area contributed by atoms with Gasteiger partial charge >= 0.3 is 32.7 Å². The van der Waals surface area contributed by atoms with Crippen LogP contribution in [0.5, 0.6) is 0 Å². The molecule has 0 aromatic carbocycles. The molecule has 5 aliphatic heterocycles. The second-order valence-electron chi connectivity index (χ2n) is 17.5. The topological polar surface area (TPSA) is 466 Å². The normalized spacial score (nSPS) is 42.6. The summed E-state index contributed by atoms with van der Waals surface area (Å²) in [5, 5.41) is 64.9. The van der Waals surface area contributed by atoms with Gasteiger partial charge in [-0.25, -0.2) is 18.0 Å². The molecule has 25 atom stereocenters. The lowest BCUT2D eigenvalue weighted by Crippen LogP contribution is -2.69. The monoisotopic (exact) mass is 1160 g/mol. The molecule has 0 spiro atoms. The maximum atomic E-state index is 13.0. The second-order valence-corrected chi connectivity index (χ2v) is 19.6. The Balaban J connectivity index is 1.39. The summed E-state index contributed by atoms with van der Waals surface area (Å²) in [6.45, 7) is -2.82. The lowest BCUT2D eigenvalue weighted by atomic mass is 9.92. The minimum absolute atomic E-state index is 0.0936. The Bertz CT molecular complexity index is 2040. The van der Waals surface area contributed by atoms with Gasteiger partial charge < -0.3 is 117 Å². The zero-order valence-electron chi connectivity index (χ0n) is 42.1. The fourth-order valence-corrected chi connectivity index (χ4v) is 10.6. The van der Waals surface area contributed by atoms with Crippen LogP contribution >= 0.6 is 0 Å². The number of hydrogen-bond acceptors (Lipinski definition) is 30. The van der Waals surface area contributed by atoms with E-state index < -0.39 is 206 Å². The summed E-state index contributed by atoms with van der Waals surface area (Å²) in [6.07, 6.45) is -41.5. The predicted molar refractivity (Wildman–Crippen MR) is 238 cm³/mol. The van der Waals surface area contributed by atoms with Gasteiger partial charge in [0, 0.05) is 56.9 Å². The number of carbonyl (C=O) groups is 2. The van der Waals surface area contributed by atoms with Crippen molar-refractivity contribution in [2.45, 2.75) is 160 Å². The van der Waals surface area contributed by atoms with Crippen molar-refractivity contribution in [3.63, 3.8) is 0 Å². The molecule has 0 amide bonds. The van der Waals surface area contributed by atoms with E-state index in [9.17, 15) is 66.2 Å². The summed E-state index contributed by atoms with van der Waals surface area (Å²) in [5.74, 6) is -3.43. The predicted octanol–water partition coefficient (Wildman–Crippen LogP) is -6.45. The minimum Gasteiger partial charge on any atom is -0.479 e. The van der Waals surface area contributed by atoms with Crippen LogP contribution < -0.4 is 5.73 Å². The van der Waals surface area contributed by atoms with E-state index in [0.29, 0.717) is 0 Å². The van der Waals surface area contributed by atoms with E-state index >= 15 is 0 Å². The molecular formula is C40H69NO33S2. The van der Waals surface area contributed by atoms with E-state index in [1.54, 1.807) is 0 Å². The molecule has 444 valence electrons.